The molecule has 2 rings (SSSR count). The Kier molecular flexibility index (Phi) is 5.82. The highest BCUT2D eigenvalue weighted by Crippen LogP contribution is 2.03. The summed E-state index contributed by atoms with van der Waals surface area (Å²) in [7, 11) is 0. The number of hydrazine groups is 1. The molecule has 0 aromatic heterocycles. The van der Waals surface area contributed by atoms with Gasteiger partial charge in [-0.25, -0.2) is 0 Å². The summed E-state index contributed by atoms with van der Waals surface area (Å²) in [5.74, 6) is -0.577. The molecule has 0 aliphatic heterocycles. The van der Waals surface area contributed by atoms with Gasteiger partial charge in [0.2, 0.25) is 5.91 Å². The molecule has 2 aromatic rings. The normalized spacial score (nSPS) is 9.78. The van der Waals surface area contributed by atoms with Crippen LogP contribution in [0.4, 0.5) is 0 Å². The number of benzene rings is 2. The monoisotopic (exact) mass is 327 g/mol. The highest BCUT2D eigenvalue weighted by atomic mass is 32.1. The van der Waals surface area contributed by atoms with Gasteiger partial charge in [0.25, 0.3) is 5.91 Å². The van der Waals surface area contributed by atoms with Crippen LogP contribution in [0.2, 0.25) is 0 Å². The molecule has 0 aliphatic carbocycles. The summed E-state index contributed by atoms with van der Waals surface area (Å²) in [5.41, 5.74) is 7.35. The van der Waals surface area contributed by atoms with Crippen molar-refractivity contribution in [1.82, 2.24) is 16.2 Å². The third-order valence-electron chi connectivity index (χ3n) is 3.03. The lowest BCUT2D eigenvalue weighted by atomic mass is 10.1. The second-order valence-electron chi connectivity index (χ2n) is 4.99. The van der Waals surface area contributed by atoms with Crippen LogP contribution in [0.5, 0.6) is 0 Å². The van der Waals surface area contributed by atoms with Gasteiger partial charge in [0.05, 0.1) is 6.42 Å². The topological polar surface area (TPSA) is 70.2 Å². The summed E-state index contributed by atoms with van der Waals surface area (Å²) >= 11 is 4.98. The minimum atomic E-state index is -0.326. The first kappa shape index (κ1) is 16.6. The summed E-state index contributed by atoms with van der Waals surface area (Å²) in [6.07, 6.45) is 0.217. The van der Waals surface area contributed by atoms with Crippen LogP contribution >= 0.6 is 12.2 Å². The van der Waals surface area contributed by atoms with Crippen LogP contribution in [-0.2, 0) is 11.2 Å². The number of hydrogen-bond acceptors (Lipinski definition) is 3. The maximum Gasteiger partial charge on any atom is 0.269 e. The summed E-state index contributed by atoms with van der Waals surface area (Å²) in [6, 6.07) is 16.5. The molecule has 0 atom stereocenters. The van der Waals surface area contributed by atoms with E-state index in [1.165, 1.54) is 0 Å². The summed E-state index contributed by atoms with van der Waals surface area (Å²) in [6.45, 7) is 1.90. The van der Waals surface area contributed by atoms with Gasteiger partial charge in [-0.3, -0.25) is 20.4 Å². The standard InChI is InChI=1S/C17H17N3O2S/c1-12-6-5-9-14(10-12)16(22)19-20-17(23)18-15(21)11-13-7-3-2-4-8-13/h2-10H,11H2,1H3,(H,19,22)(H2,18,20,21,23). The van der Waals surface area contributed by atoms with E-state index in [1.807, 2.05) is 43.3 Å². The lowest BCUT2D eigenvalue weighted by molar-refractivity contribution is -0.119. The maximum atomic E-state index is 11.9. The highest BCUT2D eigenvalue weighted by molar-refractivity contribution is 7.80. The van der Waals surface area contributed by atoms with Gasteiger partial charge in [-0.2, -0.15) is 0 Å². The zero-order valence-corrected chi connectivity index (χ0v) is 13.4. The highest BCUT2D eigenvalue weighted by Gasteiger charge is 2.08. The molecule has 0 spiro atoms. The number of thiocarbonyl (C=S) groups is 1. The lowest BCUT2D eigenvalue weighted by Crippen LogP contribution is -2.48. The van der Waals surface area contributed by atoms with Gasteiger partial charge >= 0.3 is 0 Å². The fourth-order valence-corrected chi connectivity index (χ4v) is 2.12. The van der Waals surface area contributed by atoms with Crippen LogP contribution in [0.25, 0.3) is 0 Å². The Hall–Kier alpha value is -2.73. The minimum Gasteiger partial charge on any atom is -0.302 e. The maximum absolute atomic E-state index is 11.9. The molecule has 0 bridgehead atoms. The van der Waals surface area contributed by atoms with Crippen LogP contribution in [0.3, 0.4) is 0 Å². The molecule has 0 aliphatic rings. The Bertz CT molecular complexity index is 717. The van der Waals surface area contributed by atoms with Crippen molar-refractivity contribution in [1.29, 1.82) is 0 Å². The SMILES string of the molecule is Cc1cccc(C(=O)NNC(=S)NC(=O)Cc2ccccc2)c1. The number of rotatable bonds is 3. The van der Waals surface area contributed by atoms with Gasteiger partial charge in [-0.05, 0) is 36.8 Å². The van der Waals surface area contributed by atoms with Gasteiger partial charge in [0, 0.05) is 5.56 Å². The lowest BCUT2D eigenvalue weighted by Gasteiger charge is -2.11. The van der Waals surface area contributed by atoms with Crippen molar-refractivity contribution < 1.29 is 9.59 Å². The fourth-order valence-electron chi connectivity index (χ4n) is 1.96. The average molecular weight is 327 g/mol. The Morgan fingerprint density at radius 2 is 1.74 bits per heavy atom. The molecule has 0 fully saturated rings. The molecule has 6 heteroatoms. The van der Waals surface area contributed by atoms with Gasteiger partial charge < -0.3 is 5.32 Å². The van der Waals surface area contributed by atoms with E-state index < -0.39 is 0 Å². The van der Waals surface area contributed by atoms with Gasteiger partial charge in [0.1, 0.15) is 0 Å². The number of carbonyl (C=O) groups is 2. The van der Waals surface area contributed by atoms with Crippen LogP contribution in [-0.4, -0.2) is 16.9 Å². The zero-order valence-electron chi connectivity index (χ0n) is 12.6. The van der Waals surface area contributed by atoms with Crippen molar-refractivity contribution >= 4 is 29.1 Å². The van der Waals surface area contributed by atoms with E-state index in [9.17, 15) is 9.59 Å². The number of amides is 2. The molecular weight excluding hydrogens is 310 g/mol. The molecule has 2 aromatic carbocycles. The van der Waals surface area contributed by atoms with E-state index in [0.29, 0.717) is 5.56 Å². The second kappa shape index (κ2) is 8.05. The summed E-state index contributed by atoms with van der Waals surface area (Å²) < 4.78 is 0. The summed E-state index contributed by atoms with van der Waals surface area (Å²) in [4.78, 5) is 23.8. The quantitative estimate of drug-likeness (QED) is 0.595. The molecule has 0 saturated carbocycles. The predicted octanol–water partition coefficient (Wildman–Crippen LogP) is 1.87. The molecule has 0 radical (unpaired) electrons. The second-order valence-corrected chi connectivity index (χ2v) is 5.40. The third kappa shape index (κ3) is 5.52. The van der Waals surface area contributed by atoms with Crippen molar-refractivity contribution in [3.8, 4) is 0 Å². The first-order chi connectivity index (χ1) is 11.0. The van der Waals surface area contributed by atoms with Crippen molar-refractivity contribution in [2.45, 2.75) is 13.3 Å². The first-order valence-corrected chi connectivity index (χ1v) is 7.46. The molecule has 2 amide bonds. The Labute approximate surface area is 140 Å². The summed E-state index contributed by atoms with van der Waals surface area (Å²) in [5, 5.41) is 2.56. The van der Waals surface area contributed by atoms with Gasteiger partial charge in [0.15, 0.2) is 5.11 Å². The van der Waals surface area contributed by atoms with Crippen molar-refractivity contribution in [2.75, 3.05) is 0 Å². The zero-order chi connectivity index (χ0) is 16.7. The smallest absolute Gasteiger partial charge is 0.269 e. The van der Waals surface area contributed by atoms with Crippen molar-refractivity contribution in [3.63, 3.8) is 0 Å². The third-order valence-corrected chi connectivity index (χ3v) is 3.23. The number of hydrogen-bond donors (Lipinski definition) is 3. The van der Waals surface area contributed by atoms with E-state index in [4.69, 9.17) is 12.2 Å². The molecule has 5 nitrogen and oxygen atoms in total. The average Bonchev–Trinajstić information content (AvgIpc) is 2.53. The number of aryl methyl sites for hydroxylation is 1. The van der Waals surface area contributed by atoms with Crippen LogP contribution in [0.1, 0.15) is 21.5 Å². The van der Waals surface area contributed by atoms with E-state index >= 15 is 0 Å². The molecule has 23 heavy (non-hydrogen) atoms. The Morgan fingerprint density at radius 1 is 1.00 bits per heavy atom. The van der Waals surface area contributed by atoms with E-state index in [-0.39, 0.29) is 23.3 Å². The van der Waals surface area contributed by atoms with Crippen LogP contribution in [0, 0.1) is 6.92 Å². The van der Waals surface area contributed by atoms with E-state index in [1.54, 1.807) is 18.2 Å². The predicted molar refractivity (Wildman–Crippen MR) is 92.7 cm³/mol. The minimum absolute atomic E-state index is 0.0481. The van der Waals surface area contributed by atoms with Crippen molar-refractivity contribution in [2.24, 2.45) is 0 Å². The largest absolute Gasteiger partial charge is 0.302 e. The van der Waals surface area contributed by atoms with E-state index in [0.717, 1.165) is 11.1 Å². The van der Waals surface area contributed by atoms with Crippen LogP contribution < -0.4 is 16.2 Å². The molecule has 118 valence electrons. The fraction of sp³-hybridized carbons (Fsp3) is 0.118. The Balaban J connectivity index is 1.78. The molecule has 0 heterocycles. The van der Waals surface area contributed by atoms with E-state index in [2.05, 4.69) is 16.2 Å². The molecule has 0 saturated heterocycles. The Morgan fingerprint density at radius 3 is 2.43 bits per heavy atom. The van der Waals surface area contributed by atoms with Gasteiger partial charge in [-0.1, -0.05) is 48.0 Å². The first-order valence-electron chi connectivity index (χ1n) is 7.05. The number of nitrogens with one attached hydrogen (secondary N) is 3. The van der Waals surface area contributed by atoms with Gasteiger partial charge in [-0.15, -0.1) is 0 Å². The molecule has 0 unspecified atom stereocenters. The molecular formula is C17H17N3O2S. The van der Waals surface area contributed by atoms with Crippen LogP contribution in [0.15, 0.2) is 54.6 Å². The molecule has 3 N–H and O–H groups in total. The number of carbonyl (C=O) groups excluding carboxylic acids is 2. The van der Waals surface area contributed by atoms with Crippen molar-refractivity contribution in [3.05, 3.63) is 71.3 Å².